The number of nitrogens with zero attached hydrogens (tertiary/aromatic N) is 1. The molecule has 1 N–H and O–H groups in total. The highest BCUT2D eigenvalue weighted by Gasteiger charge is 2.46. The maximum Gasteiger partial charge on any atom is 0.325 e. The number of imide groups is 1. The lowest BCUT2D eigenvalue weighted by Crippen LogP contribution is -2.41. The molecular formula is C9H15IN2O2. The summed E-state index contributed by atoms with van der Waals surface area (Å²) in [6.07, 6.45) is 3.15. The number of carbonyl (C=O) groups is 2. The van der Waals surface area contributed by atoms with Crippen molar-refractivity contribution in [1.29, 1.82) is 0 Å². The van der Waals surface area contributed by atoms with Crippen molar-refractivity contribution in [2.24, 2.45) is 0 Å². The Hall–Kier alpha value is -0.330. The van der Waals surface area contributed by atoms with Crippen LogP contribution < -0.4 is 5.32 Å². The standard InChI is InChI=1S/C9H15IN2O2/c1-3-4-5-6-12-8(14)11-7(13)9(12,2)10/h3-6H2,1-2H3,(H,11,13,14). The molecule has 14 heavy (non-hydrogen) atoms. The summed E-state index contributed by atoms with van der Waals surface area (Å²) in [6, 6.07) is -0.261. The third kappa shape index (κ3) is 2.18. The van der Waals surface area contributed by atoms with Gasteiger partial charge in [-0.05, 0) is 35.9 Å². The minimum Gasteiger partial charge on any atom is -0.301 e. The van der Waals surface area contributed by atoms with Gasteiger partial charge >= 0.3 is 6.03 Å². The van der Waals surface area contributed by atoms with Crippen LogP contribution in [0, 0.1) is 0 Å². The first-order valence-electron chi connectivity index (χ1n) is 4.82. The van der Waals surface area contributed by atoms with Crippen molar-refractivity contribution >= 4 is 34.5 Å². The predicted molar refractivity (Wildman–Crippen MR) is 62.2 cm³/mol. The first-order valence-corrected chi connectivity index (χ1v) is 5.90. The SMILES string of the molecule is CCCCCN1C(=O)NC(=O)C1(C)I. The third-order valence-corrected chi connectivity index (χ3v) is 3.44. The van der Waals surface area contributed by atoms with E-state index >= 15 is 0 Å². The molecule has 3 amide bonds. The van der Waals surface area contributed by atoms with Crippen LogP contribution in [0.15, 0.2) is 0 Å². The van der Waals surface area contributed by atoms with Crippen LogP contribution >= 0.6 is 22.6 Å². The molecule has 1 heterocycles. The van der Waals surface area contributed by atoms with Crippen molar-refractivity contribution in [1.82, 2.24) is 10.2 Å². The van der Waals surface area contributed by atoms with Gasteiger partial charge in [0.05, 0.1) is 0 Å². The topological polar surface area (TPSA) is 49.4 Å². The molecule has 80 valence electrons. The Balaban J connectivity index is 2.58. The number of rotatable bonds is 4. The van der Waals surface area contributed by atoms with Crippen molar-refractivity contribution in [2.45, 2.75) is 36.7 Å². The maximum absolute atomic E-state index is 11.4. The average Bonchev–Trinajstić information content (AvgIpc) is 2.28. The van der Waals surface area contributed by atoms with Crippen LogP contribution in [-0.2, 0) is 4.79 Å². The number of nitrogens with one attached hydrogen (secondary N) is 1. The van der Waals surface area contributed by atoms with E-state index in [9.17, 15) is 9.59 Å². The fourth-order valence-electron chi connectivity index (χ4n) is 1.42. The summed E-state index contributed by atoms with van der Waals surface area (Å²) >= 11 is 2.01. The highest BCUT2D eigenvalue weighted by atomic mass is 127. The van der Waals surface area contributed by atoms with E-state index in [0.29, 0.717) is 6.54 Å². The van der Waals surface area contributed by atoms with Crippen LogP contribution in [0.2, 0.25) is 0 Å². The van der Waals surface area contributed by atoms with Gasteiger partial charge in [0.2, 0.25) is 0 Å². The molecule has 1 fully saturated rings. The molecule has 1 aliphatic heterocycles. The molecule has 0 spiro atoms. The van der Waals surface area contributed by atoms with Crippen LogP contribution in [-0.4, -0.2) is 26.9 Å². The number of halogens is 1. The Labute approximate surface area is 97.5 Å². The summed E-state index contributed by atoms with van der Waals surface area (Å²) in [5.41, 5.74) is 0. The van der Waals surface area contributed by atoms with Crippen molar-refractivity contribution in [2.75, 3.05) is 6.54 Å². The van der Waals surface area contributed by atoms with E-state index in [2.05, 4.69) is 12.2 Å². The van der Waals surface area contributed by atoms with Crippen molar-refractivity contribution in [3.05, 3.63) is 0 Å². The molecule has 1 atom stereocenters. The first kappa shape index (κ1) is 11.7. The monoisotopic (exact) mass is 310 g/mol. The van der Waals surface area contributed by atoms with Crippen LogP contribution in [0.25, 0.3) is 0 Å². The second-order valence-corrected chi connectivity index (χ2v) is 5.67. The third-order valence-electron chi connectivity index (χ3n) is 2.37. The first-order chi connectivity index (χ1) is 6.50. The molecule has 0 radical (unpaired) electrons. The van der Waals surface area contributed by atoms with Gasteiger partial charge in [-0.25, -0.2) is 4.79 Å². The summed E-state index contributed by atoms with van der Waals surface area (Å²) in [7, 11) is 0. The van der Waals surface area contributed by atoms with E-state index in [1.54, 1.807) is 11.8 Å². The van der Waals surface area contributed by atoms with E-state index < -0.39 is 3.55 Å². The highest BCUT2D eigenvalue weighted by molar-refractivity contribution is 14.1. The minimum absolute atomic E-state index is 0.209. The highest BCUT2D eigenvalue weighted by Crippen LogP contribution is 2.28. The van der Waals surface area contributed by atoms with Gasteiger partial charge in [0.15, 0.2) is 3.55 Å². The lowest BCUT2D eigenvalue weighted by molar-refractivity contribution is -0.121. The van der Waals surface area contributed by atoms with E-state index in [0.717, 1.165) is 19.3 Å². The van der Waals surface area contributed by atoms with Crippen molar-refractivity contribution < 1.29 is 9.59 Å². The molecule has 1 aliphatic rings. The summed E-state index contributed by atoms with van der Waals surface area (Å²) < 4.78 is -0.706. The molecule has 1 rings (SSSR count). The van der Waals surface area contributed by atoms with E-state index in [-0.39, 0.29) is 11.9 Å². The molecule has 1 saturated heterocycles. The second kappa shape index (κ2) is 4.46. The van der Waals surface area contributed by atoms with Gasteiger partial charge in [0, 0.05) is 6.54 Å². The van der Waals surface area contributed by atoms with Crippen molar-refractivity contribution in [3.63, 3.8) is 0 Å². The molecule has 0 bridgehead atoms. The van der Waals surface area contributed by atoms with E-state index in [4.69, 9.17) is 0 Å². The second-order valence-electron chi connectivity index (χ2n) is 3.57. The van der Waals surface area contributed by atoms with Gasteiger partial charge in [0.25, 0.3) is 5.91 Å². The van der Waals surface area contributed by atoms with Gasteiger partial charge in [-0.15, -0.1) is 0 Å². The zero-order chi connectivity index (χ0) is 10.8. The maximum atomic E-state index is 11.4. The minimum atomic E-state index is -0.706. The molecule has 4 nitrogen and oxygen atoms in total. The number of amides is 3. The molecule has 1 unspecified atom stereocenters. The van der Waals surface area contributed by atoms with E-state index in [1.807, 2.05) is 22.6 Å². The zero-order valence-corrected chi connectivity index (χ0v) is 10.6. The fourth-order valence-corrected chi connectivity index (χ4v) is 2.02. The summed E-state index contributed by atoms with van der Waals surface area (Å²) in [5, 5.41) is 2.32. The normalized spacial score (nSPS) is 26.9. The van der Waals surface area contributed by atoms with Gasteiger partial charge in [-0.1, -0.05) is 19.8 Å². The molecule has 0 aromatic carbocycles. The summed E-state index contributed by atoms with van der Waals surface area (Å²) in [5.74, 6) is -0.209. The number of carbonyl (C=O) groups excluding carboxylic acids is 2. The molecular weight excluding hydrogens is 295 g/mol. The zero-order valence-electron chi connectivity index (χ0n) is 8.47. The average molecular weight is 310 g/mol. The molecule has 0 aromatic rings. The lowest BCUT2D eigenvalue weighted by Gasteiger charge is -2.25. The summed E-state index contributed by atoms with van der Waals surface area (Å²) in [6.45, 7) is 4.53. The Morgan fingerprint density at radius 3 is 2.50 bits per heavy atom. The Morgan fingerprint density at radius 1 is 1.43 bits per heavy atom. The Morgan fingerprint density at radius 2 is 2.07 bits per heavy atom. The van der Waals surface area contributed by atoms with Crippen LogP contribution in [0.3, 0.4) is 0 Å². The Bertz CT molecular complexity index is 253. The van der Waals surface area contributed by atoms with Gasteiger partial charge in [0.1, 0.15) is 0 Å². The Kier molecular flexibility index (Phi) is 3.74. The van der Waals surface area contributed by atoms with E-state index in [1.165, 1.54) is 0 Å². The molecule has 0 aliphatic carbocycles. The quantitative estimate of drug-likeness (QED) is 0.283. The number of urea groups is 1. The van der Waals surface area contributed by atoms with Crippen LogP contribution in [0.5, 0.6) is 0 Å². The largest absolute Gasteiger partial charge is 0.325 e. The number of hydrogen-bond donors (Lipinski definition) is 1. The van der Waals surface area contributed by atoms with Crippen LogP contribution in [0.1, 0.15) is 33.1 Å². The molecule has 5 heteroatoms. The molecule has 0 aromatic heterocycles. The van der Waals surface area contributed by atoms with Gasteiger partial charge in [-0.2, -0.15) is 0 Å². The summed E-state index contributed by atoms with van der Waals surface area (Å²) in [4.78, 5) is 24.4. The number of unbranched alkanes of at least 4 members (excludes halogenated alkanes) is 2. The fraction of sp³-hybridized carbons (Fsp3) is 0.778. The van der Waals surface area contributed by atoms with Gasteiger partial charge in [-0.3, -0.25) is 10.1 Å². The van der Waals surface area contributed by atoms with Crippen LogP contribution in [0.4, 0.5) is 4.79 Å². The lowest BCUT2D eigenvalue weighted by atomic mass is 10.2. The predicted octanol–water partition coefficient (Wildman–Crippen LogP) is 1.88. The smallest absolute Gasteiger partial charge is 0.301 e. The van der Waals surface area contributed by atoms with Gasteiger partial charge < -0.3 is 4.90 Å². The van der Waals surface area contributed by atoms with Crippen molar-refractivity contribution in [3.8, 4) is 0 Å². The molecule has 0 saturated carbocycles. The number of hydrogen-bond acceptors (Lipinski definition) is 2. The number of alkyl halides is 1.